The molecular formula is C12H14FN3. The molecule has 0 spiro atoms. The van der Waals surface area contributed by atoms with Crippen LogP contribution in [0.5, 0.6) is 0 Å². The van der Waals surface area contributed by atoms with E-state index in [-0.39, 0.29) is 5.82 Å². The van der Waals surface area contributed by atoms with Crippen LogP contribution in [0.2, 0.25) is 0 Å². The predicted octanol–water partition coefficient (Wildman–Crippen LogP) is 2.22. The van der Waals surface area contributed by atoms with E-state index in [1.54, 1.807) is 18.2 Å². The zero-order valence-electron chi connectivity index (χ0n) is 8.83. The number of hydrogen-bond donors (Lipinski definition) is 3. The zero-order valence-corrected chi connectivity index (χ0v) is 8.83. The molecule has 0 aliphatic carbocycles. The number of hydrogen-bond acceptors (Lipinski definition) is 2. The van der Waals surface area contributed by atoms with Crippen LogP contribution in [0, 0.1) is 5.82 Å². The minimum atomic E-state index is -0.239. The highest BCUT2D eigenvalue weighted by atomic mass is 19.1. The van der Waals surface area contributed by atoms with Crippen LogP contribution in [-0.2, 0) is 13.1 Å². The van der Waals surface area contributed by atoms with E-state index >= 15 is 0 Å². The van der Waals surface area contributed by atoms with Gasteiger partial charge in [-0.25, -0.2) is 4.39 Å². The van der Waals surface area contributed by atoms with Crippen molar-refractivity contribution in [2.24, 2.45) is 5.73 Å². The summed E-state index contributed by atoms with van der Waals surface area (Å²) < 4.78 is 13.3. The molecule has 0 aliphatic rings. The highest BCUT2D eigenvalue weighted by Gasteiger charge is 2.01. The molecule has 84 valence electrons. The number of nitrogens with one attached hydrogen (secondary N) is 2. The highest BCUT2D eigenvalue weighted by molar-refractivity contribution is 5.44. The van der Waals surface area contributed by atoms with Crippen molar-refractivity contribution in [3.05, 3.63) is 53.6 Å². The van der Waals surface area contributed by atoms with Crippen LogP contribution in [0.4, 0.5) is 10.1 Å². The average molecular weight is 219 g/mol. The molecule has 0 unspecified atom stereocenters. The Morgan fingerprint density at radius 1 is 1.31 bits per heavy atom. The van der Waals surface area contributed by atoms with Crippen LogP contribution in [0.15, 0.2) is 36.5 Å². The maximum atomic E-state index is 13.3. The normalized spacial score (nSPS) is 10.4. The second-order valence-electron chi connectivity index (χ2n) is 3.57. The first kappa shape index (κ1) is 10.7. The summed E-state index contributed by atoms with van der Waals surface area (Å²) in [6, 6.07) is 8.58. The third kappa shape index (κ3) is 2.41. The van der Waals surface area contributed by atoms with Crippen molar-refractivity contribution < 1.29 is 4.39 Å². The van der Waals surface area contributed by atoms with Gasteiger partial charge in [-0.3, -0.25) is 0 Å². The molecule has 0 bridgehead atoms. The summed E-state index contributed by atoms with van der Waals surface area (Å²) in [4.78, 5) is 3.05. The molecule has 3 nitrogen and oxygen atoms in total. The molecule has 16 heavy (non-hydrogen) atoms. The third-order valence-corrected chi connectivity index (χ3v) is 2.38. The minimum absolute atomic E-state index is 0.239. The van der Waals surface area contributed by atoms with Crippen molar-refractivity contribution in [2.75, 3.05) is 5.32 Å². The molecule has 4 N–H and O–H groups in total. The first-order valence-electron chi connectivity index (χ1n) is 5.14. The van der Waals surface area contributed by atoms with Crippen molar-refractivity contribution >= 4 is 5.69 Å². The summed E-state index contributed by atoms with van der Waals surface area (Å²) in [5.41, 5.74) is 8.03. The lowest BCUT2D eigenvalue weighted by atomic mass is 10.2. The van der Waals surface area contributed by atoms with Crippen molar-refractivity contribution in [1.82, 2.24) is 4.98 Å². The maximum absolute atomic E-state index is 13.3. The summed E-state index contributed by atoms with van der Waals surface area (Å²) in [7, 11) is 0. The molecule has 1 heterocycles. The van der Waals surface area contributed by atoms with E-state index in [1.165, 1.54) is 6.07 Å². The molecule has 4 heteroatoms. The van der Waals surface area contributed by atoms with Gasteiger partial charge in [-0.05, 0) is 23.8 Å². The van der Waals surface area contributed by atoms with Crippen LogP contribution < -0.4 is 11.1 Å². The fourth-order valence-electron chi connectivity index (χ4n) is 1.51. The molecule has 0 amide bonds. The first-order chi connectivity index (χ1) is 7.79. The summed E-state index contributed by atoms with van der Waals surface area (Å²) in [6.45, 7) is 1.07. The number of benzene rings is 1. The average Bonchev–Trinajstić information content (AvgIpc) is 2.76. The fraction of sp³-hybridized carbons (Fsp3) is 0.167. The number of H-pyrrole nitrogens is 1. The van der Waals surface area contributed by atoms with Crippen molar-refractivity contribution in [1.29, 1.82) is 0 Å². The number of aromatic amines is 1. The van der Waals surface area contributed by atoms with E-state index in [4.69, 9.17) is 5.73 Å². The van der Waals surface area contributed by atoms with E-state index < -0.39 is 0 Å². The molecule has 1 aromatic heterocycles. The van der Waals surface area contributed by atoms with Crippen LogP contribution in [-0.4, -0.2) is 4.98 Å². The number of para-hydroxylation sites is 1. The molecule has 2 aromatic rings. The standard InChI is InChI=1S/C12H14FN3/c13-11-3-1-2-4-12(11)16-8-9-5-10(6-14)15-7-9/h1-5,7,15-16H,6,8,14H2. The van der Waals surface area contributed by atoms with E-state index in [0.717, 1.165) is 11.3 Å². The molecule has 2 rings (SSSR count). The number of nitrogens with two attached hydrogens (primary N) is 1. The van der Waals surface area contributed by atoms with Crippen LogP contribution >= 0.6 is 0 Å². The van der Waals surface area contributed by atoms with Gasteiger partial charge in [0.25, 0.3) is 0 Å². The van der Waals surface area contributed by atoms with Gasteiger partial charge >= 0.3 is 0 Å². The Labute approximate surface area is 93.5 Å². The summed E-state index contributed by atoms with van der Waals surface area (Å²) in [6.07, 6.45) is 1.87. The Morgan fingerprint density at radius 3 is 2.81 bits per heavy atom. The second kappa shape index (κ2) is 4.81. The fourth-order valence-corrected chi connectivity index (χ4v) is 1.51. The summed E-state index contributed by atoms with van der Waals surface area (Å²) in [5, 5.41) is 3.03. The number of halogens is 1. The van der Waals surface area contributed by atoms with Crippen LogP contribution in [0.3, 0.4) is 0 Å². The van der Waals surface area contributed by atoms with Crippen molar-refractivity contribution in [2.45, 2.75) is 13.1 Å². The second-order valence-corrected chi connectivity index (χ2v) is 3.57. The first-order valence-corrected chi connectivity index (χ1v) is 5.14. The summed E-state index contributed by atoms with van der Waals surface area (Å²) >= 11 is 0. The van der Waals surface area contributed by atoms with Gasteiger partial charge in [0, 0.05) is 25.0 Å². The largest absolute Gasteiger partial charge is 0.379 e. The molecule has 0 radical (unpaired) electrons. The van der Waals surface area contributed by atoms with Gasteiger partial charge in [-0.2, -0.15) is 0 Å². The van der Waals surface area contributed by atoms with E-state index in [9.17, 15) is 4.39 Å². The molecule has 0 fully saturated rings. The lowest BCUT2D eigenvalue weighted by Crippen LogP contribution is -2.00. The Morgan fingerprint density at radius 2 is 2.12 bits per heavy atom. The van der Waals surface area contributed by atoms with Crippen LogP contribution in [0.1, 0.15) is 11.3 Å². The number of rotatable bonds is 4. The zero-order chi connectivity index (χ0) is 11.4. The van der Waals surface area contributed by atoms with Gasteiger partial charge in [0.2, 0.25) is 0 Å². The molecule has 0 aliphatic heterocycles. The predicted molar refractivity (Wildman–Crippen MR) is 62.4 cm³/mol. The third-order valence-electron chi connectivity index (χ3n) is 2.38. The lowest BCUT2D eigenvalue weighted by molar-refractivity contribution is 0.630. The number of anilines is 1. The molecule has 1 aromatic carbocycles. The van der Waals surface area contributed by atoms with E-state index in [0.29, 0.717) is 18.8 Å². The minimum Gasteiger partial charge on any atom is -0.379 e. The Kier molecular flexibility index (Phi) is 3.22. The van der Waals surface area contributed by atoms with Crippen molar-refractivity contribution in [3.8, 4) is 0 Å². The maximum Gasteiger partial charge on any atom is 0.146 e. The lowest BCUT2D eigenvalue weighted by Gasteiger charge is -2.05. The highest BCUT2D eigenvalue weighted by Crippen LogP contribution is 2.14. The molecule has 0 saturated carbocycles. The monoisotopic (exact) mass is 219 g/mol. The SMILES string of the molecule is NCc1cc(CNc2ccccc2F)c[nH]1. The van der Waals surface area contributed by atoms with Gasteiger partial charge in [0.15, 0.2) is 0 Å². The smallest absolute Gasteiger partial charge is 0.146 e. The van der Waals surface area contributed by atoms with E-state index in [1.807, 2.05) is 12.3 Å². The Balaban J connectivity index is 1.99. The van der Waals surface area contributed by atoms with E-state index in [2.05, 4.69) is 10.3 Å². The quantitative estimate of drug-likeness (QED) is 0.738. The molecular weight excluding hydrogens is 205 g/mol. The summed E-state index contributed by atoms with van der Waals surface area (Å²) in [5.74, 6) is -0.239. The topological polar surface area (TPSA) is 53.8 Å². The van der Waals surface area contributed by atoms with Gasteiger partial charge in [-0.1, -0.05) is 12.1 Å². The van der Waals surface area contributed by atoms with Crippen LogP contribution in [0.25, 0.3) is 0 Å². The van der Waals surface area contributed by atoms with Crippen molar-refractivity contribution in [3.63, 3.8) is 0 Å². The molecule has 0 atom stereocenters. The van der Waals surface area contributed by atoms with Gasteiger partial charge in [0.05, 0.1) is 5.69 Å². The van der Waals surface area contributed by atoms with Gasteiger partial charge in [-0.15, -0.1) is 0 Å². The Hall–Kier alpha value is -1.81. The van der Waals surface area contributed by atoms with Gasteiger partial charge in [0.1, 0.15) is 5.82 Å². The van der Waals surface area contributed by atoms with Gasteiger partial charge < -0.3 is 16.0 Å². The molecule has 0 saturated heterocycles. The number of aromatic nitrogens is 1. The Bertz CT molecular complexity index is 465.